The maximum Gasteiger partial charge on any atom is 0.0743 e. The summed E-state index contributed by atoms with van der Waals surface area (Å²) in [5.41, 5.74) is -0.383. The first-order valence-corrected chi connectivity index (χ1v) is 5.55. The van der Waals surface area contributed by atoms with Crippen molar-refractivity contribution in [2.75, 3.05) is 26.2 Å². The van der Waals surface area contributed by atoms with Gasteiger partial charge in [-0.15, -0.1) is 0 Å². The fraction of sp³-hybridized carbons (Fsp3) is 1.00. The summed E-state index contributed by atoms with van der Waals surface area (Å²) in [5.74, 6) is 0. The molecule has 0 radical (unpaired) electrons. The van der Waals surface area contributed by atoms with Crippen molar-refractivity contribution in [3.05, 3.63) is 0 Å². The molecule has 1 atom stereocenters. The molecule has 1 fully saturated rings. The minimum Gasteiger partial charge on any atom is -0.389 e. The summed E-state index contributed by atoms with van der Waals surface area (Å²) in [4.78, 5) is 2.38. The number of hydrogen-bond acceptors (Lipinski definition) is 3. The van der Waals surface area contributed by atoms with Gasteiger partial charge in [-0.25, -0.2) is 0 Å². The predicted molar refractivity (Wildman–Crippen MR) is 59.4 cm³/mol. The van der Waals surface area contributed by atoms with Crippen molar-refractivity contribution in [3.63, 3.8) is 0 Å². The lowest BCUT2D eigenvalue weighted by molar-refractivity contribution is -0.0243. The third-order valence-corrected chi connectivity index (χ3v) is 3.27. The Kier molecular flexibility index (Phi) is 3.56. The van der Waals surface area contributed by atoms with Crippen LogP contribution in [0.3, 0.4) is 0 Å². The number of nitrogens with one attached hydrogen (secondary N) is 1. The molecule has 1 rings (SSSR count). The number of hydrogen-bond donors (Lipinski definition) is 2. The van der Waals surface area contributed by atoms with Crippen LogP contribution in [0.15, 0.2) is 0 Å². The van der Waals surface area contributed by atoms with Crippen molar-refractivity contribution in [2.45, 2.75) is 45.3 Å². The highest BCUT2D eigenvalue weighted by Gasteiger charge is 2.33. The minimum atomic E-state index is -0.547. The summed E-state index contributed by atoms with van der Waals surface area (Å²) >= 11 is 0. The highest BCUT2D eigenvalue weighted by molar-refractivity contribution is 4.91. The molecular formula is C11H24N2O. The SMILES string of the molecule is CCC(C)(O)CN1CCNCC1(C)C. The van der Waals surface area contributed by atoms with E-state index in [-0.39, 0.29) is 5.54 Å². The second-order valence-corrected chi connectivity index (χ2v) is 5.26. The molecule has 0 amide bonds. The molecule has 0 aromatic heterocycles. The molecule has 0 spiro atoms. The van der Waals surface area contributed by atoms with Gasteiger partial charge in [0.2, 0.25) is 0 Å². The summed E-state index contributed by atoms with van der Waals surface area (Å²) in [5, 5.41) is 13.4. The van der Waals surface area contributed by atoms with Gasteiger partial charge >= 0.3 is 0 Å². The summed E-state index contributed by atoms with van der Waals surface area (Å²) in [6, 6.07) is 0. The number of aliphatic hydroxyl groups is 1. The van der Waals surface area contributed by atoms with Gasteiger partial charge < -0.3 is 10.4 Å². The van der Waals surface area contributed by atoms with Crippen LogP contribution < -0.4 is 5.32 Å². The standard InChI is InChI=1S/C11H24N2O/c1-5-11(4,14)9-13-7-6-12-8-10(13,2)3/h12,14H,5-9H2,1-4H3. The molecule has 3 nitrogen and oxygen atoms in total. The smallest absolute Gasteiger partial charge is 0.0743 e. The molecular weight excluding hydrogens is 176 g/mol. The molecule has 0 saturated carbocycles. The van der Waals surface area contributed by atoms with E-state index in [0.717, 1.165) is 32.6 Å². The van der Waals surface area contributed by atoms with Crippen molar-refractivity contribution in [1.82, 2.24) is 10.2 Å². The van der Waals surface area contributed by atoms with E-state index in [1.165, 1.54) is 0 Å². The Morgan fingerprint density at radius 2 is 2.14 bits per heavy atom. The fourth-order valence-electron chi connectivity index (χ4n) is 1.84. The van der Waals surface area contributed by atoms with E-state index in [1.807, 2.05) is 13.8 Å². The molecule has 1 saturated heterocycles. The van der Waals surface area contributed by atoms with Crippen LogP contribution in [0.4, 0.5) is 0 Å². The molecule has 14 heavy (non-hydrogen) atoms. The first kappa shape index (κ1) is 12.0. The molecule has 1 aliphatic rings. The maximum atomic E-state index is 10.0. The summed E-state index contributed by atoms with van der Waals surface area (Å²) in [6.07, 6.45) is 0.813. The third kappa shape index (κ3) is 2.94. The number of β-amino-alcohol motifs (C(OH)–C–C–N with tert-alkyl or cyclic N) is 1. The van der Waals surface area contributed by atoms with Crippen molar-refractivity contribution in [3.8, 4) is 0 Å². The zero-order chi connectivity index (χ0) is 10.8. The molecule has 84 valence electrons. The Hall–Kier alpha value is -0.120. The van der Waals surface area contributed by atoms with E-state index in [1.54, 1.807) is 0 Å². The van der Waals surface area contributed by atoms with E-state index in [9.17, 15) is 5.11 Å². The molecule has 2 N–H and O–H groups in total. The van der Waals surface area contributed by atoms with Crippen LogP contribution in [0, 0.1) is 0 Å². The van der Waals surface area contributed by atoms with Gasteiger partial charge in [-0.2, -0.15) is 0 Å². The number of nitrogens with zero attached hydrogens (tertiary/aromatic N) is 1. The first-order valence-electron chi connectivity index (χ1n) is 5.55. The van der Waals surface area contributed by atoms with Crippen LogP contribution in [0.25, 0.3) is 0 Å². The van der Waals surface area contributed by atoms with Crippen LogP contribution in [0.5, 0.6) is 0 Å². The lowest BCUT2D eigenvalue weighted by atomic mass is 9.95. The minimum absolute atomic E-state index is 0.164. The highest BCUT2D eigenvalue weighted by Crippen LogP contribution is 2.20. The van der Waals surface area contributed by atoms with Crippen molar-refractivity contribution >= 4 is 0 Å². The quantitative estimate of drug-likeness (QED) is 0.708. The van der Waals surface area contributed by atoms with Gasteiger partial charge in [0.1, 0.15) is 0 Å². The van der Waals surface area contributed by atoms with E-state index >= 15 is 0 Å². The Balaban J connectivity index is 2.58. The normalized spacial score (nSPS) is 27.2. The molecule has 0 aliphatic carbocycles. The molecule has 0 bridgehead atoms. The van der Waals surface area contributed by atoms with Crippen LogP contribution in [0.1, 0.15) is 34.1 Å². The van der Waals surface area contributed by atoms with E-state index in [0.29, 0.717) is 0 Å². The van der Waals surface area contributed by atoms with Crippen molar-refractivity contribution in [1.29, 1.82) is 0 Å². The van der Waals surface area contributed by atoms with Gasteiger partial charge in [0.05, 0.1) is 5.60 Å². The van der Waals surface area contributed by atoms with E-state index < -0.39 is 5.60 Å². The van der Waals surface area contributed by atoms with Gasteiger partial charge in [-0.3, -0.25) is 4.90 Å². The van der Waals surface area contributed by atoms with Gasteiger partial charge in [-0.05, 0) is 27.2 Å². The zero-order valence-corrected chi connectivity index (χ0v) is 9.93. The first-order chi connectivity index (χ1) is 6.37. The van der Waals surface area contributed by atoms with Crippen molar-refractivity contribution in [2.24, 2.45) is 0 Å². The lowest BCUT2D eigenvalue weighted by Crippen LogP contribution is -2.60. The predicted octanol–water partition coefficient (Wildman–Crippen LogP) is 0.831. The van der Waals surface area contributed by atoms with Crippen LogP contribution in [-0.2, 0) is 0 Å². The molecule has 1 unspecified atom stereocenters. The lowest BCUT2D eigenvalue weighted by Gasteiger charge is -2.45. The second-order valence-electron chi connectivity index (χ2n) is 5.26. The largest absolute Gasteiger partial charge is 0.389 e. The Labute approximate surface area is 87.5 Å². The molecule has 3 heteroatoms. The molecule has 0 aromatic rings. The van der Waals surface area contributed by atoms with E-state index in [2.05, 4.69) is 24.1 Å². The topological polar surface area (TPSA) is 35.5 Å². The number of rotatable bonds is 3. The van der Waals surface area contributed by atoms with Crippen LogP contribution in [-0.4, -0.2) is 47.3 Å². The Morgan fingerprint density at radius 1 is 1.50 bits per heavy atom. The summed E-state index contributed by atoms with van der Waals surface area (Å²) in [7, 11) is 0. The molecule has 1 heterocycles. The van der Waals surface area contributed by atoms with Gasteiger partial charge in [0, 0.05) is 31.7 Å². The highest BCUT2D eigenvalue weighted by atomic mass is 16.3. The monoisotopic (exact) mass is 200 g/mol. The molecule has 1 aliphatic heterocycles. The Bertz CT molecular complexity index is 190. The van der Waals surface area contributed by atoms with Crippen LogP contribution in [0.2, 0.25) is 0 Å². The van der Waals surface area contributed by atoms with Crippen LogP contribution >= 0.6 is 0 Å². The maximum absolute atomic E-state index is 10.0. The average Bonchev–Trinajstić information content (AvgIpc) is 2.09. The van der Waals surface area contributed by atoms with Gasteiger partial charge in [-0.1, -0.05) is 6.92 Å². The van der Waals surface area contributed by atoms with Crippen molar-refractivity contribution < 1.29 is 5.11 Å². The zero-order valence-electron chi connectivity index (χ0n) is 9.93. The summed E-state index contributed by atoms with van der Waals surface area (Å²) < 4.78 is 0. The van der Waals surface area contributed by atoms with E-state index in [4.69, 9.17) is 0 Å². The Morgan fingerprint density at radius 3 is 2.64 bits per heavy atom. The average molecular weight is 200 g/mol. The fourth-order valence-corrected chi connectivity index (χ4v) is 1.84. The summed E-state index contributed by atoms with van der Waals surface area (Å²) in [6.45, 7) is 12.3. The number of piperazine rings is 1. The van der Waals surface area contributed by atoms with Gasteiger partial charge in [0.25, 0.3) is 0 Å². The second kappa shape index (κ2) is 4.17. The molecule has 0 aromatic carbocycles. The van der Waals surface area contributed by atoms with Gasteiger partial charge in [0.15, 0.2) is 0 Å². The third-order valence-electron chi connectivity index (χ3n) is 3.27.